The minimum Gasteiger partial charge on any atom is -0.379 e. The molecule has 1 heterocycles. The highest BCUT2D eigenvalue weighted by Gasteiger charge is 2.16. The highest BCUT2D eigenvalue weighted by molar-refractivity contribution is 7.87. The third-order valence-electron chi connectivity index (χ3n) is 4.03. The van der Waals surface area contributed by atoms with Crippen molar-refractivity contribution in [3.05, 3.63) is 78.4 Å². The van der Waals surface area contributed by atoms with Crippen molar-refractivity contribution in [1.29, 1.82) is 0 Å². The predicted octanol–water partition coefficient (Wildman–Crippen LogP) is 4.31. The molecule has 130 valence electrons. The van der Waals surface area contributed by atoms with Crippen molar-refractivity contribution in [3.8, 4) is 17.1 Å². The van der Waals surface area contributed by atoms with Gasteiger partial charge >= 0.3 is 10.1 Å². The number of aromatic amines is 1. The second kappa shape index (κ2) is 6.31. The van der Waals surface area contributed by atoms with Gasteiger partial charge in [0.2, 0.25) is 0 Å². The topological polar surface area (TPSA) is 72.1 Å². The second-order valence-corrected chi connectivity index (χ2v) is 7.52. The Morgan fingerprint density at radius 2 is 1.58 bits per heavy atom. The molecule has 0 bridgehead atoms. The fourth-order valence-corrected chi connectivity index (χ4v) is 3.57. The lowest BCUT2D eigenvalue weighted by atomic mass is 10.2. The molecular formula is C20H16N2O3S. The Morgan fingerprint density at radius 1 is 0.885 bits per heavy atom. The van der Waals surface area contributed by atoms with Gasteiger partial charge < -0.3 is 9.17 Å². The van der Waals surface area contributed by atoms with E-state index in [0.717, 1.165) is 28.0 Å². The van der Waals surface area contributed by atoms with E-state index in [9.17, 15) is 8.42 Å². The average molecular weight is 364 g/mol. The average Bonchev–Trinajstić information content (AvgIpc) is 3.06. The fourth-order valence-electron chi connectivity index (χ4n) is 2.64. The van der Waals surface area contributed by atoms with Crippen molar-refractivity contribution >= 4 is 21.2 Å². The van der Waals surface area contributed by atoms with Gasteiger partial charge in [0, 0.05) is 5.56 Å². The van der Waals surface area contributed by atoms with Crippen LogP contribution < -0.4 is 4.18 Å². The summed E-state index contributed by atoms with van der Waals surface area (Å²) in [6.45, 7) is 1.90. The zero-order valence-electron chi connectivity index (χ0n) is 14.0. The van der Waals surface area contributed by atoms with Crippen LogP contribution in [0.5, 0.6) is 5.75 Å². The molecule has 3 aromatic carbocycles. The van der Waals surface area contributed by atoms with Gasteiger partial charge in [-0.25, -0.2) is 4.98 Å². The van der Waals surface area contributed by atoms with Gasteiger partial charge in [0.15, 0.2) is 0 Å². The number of para-hydroxylation sites is 2. The number of rotatable bonds is 4. The summed E-state index contributed by atoms with van der Waals surface area (Å²) in [6, 6.07) is 21.1. The Labute approximate surface area is 151 Å². The van der Waals surface area contributed by atoms with Crippen molar-refractivity contribution in [2.45, 2.75) is 11.8 Å². The van der Waals surface area contributed by atoms with Crippen LogP contribution in [-0.4, -0.2) is 18.4 Å². The molecule has 0 aliphatic heterocycles. The van der Waals surface area contributed by atoms with Crippen LogP contribution in [0, 0.1) is 6.92 Å². The molecule has 4 aromatic rings. The molecule has 1 aromatic heterocycles. The highest BCUT2D eigenvalue weighted by atomic mass is 32.2. The van der Waals surface area contributed by atoms with E-state index in [0.29, 0.717) is 0 Å². The molecule has 0 radical (unpaired) electrons. The molecule has 0 fully saturated rings. The second-order valence-electron chi connectivity index (χ2n) is 5.98. The smallest absolute Gasteiger partial charge is 0.339 e. The number of nitrogens with one attached hydrogen (secondary N) is 1. The van der Waals surface area contributed by atoms with Crippen LogP contribution in [0.1, 0.15) is 5.56 Å². The van der Waals surface area contributed by atoms with E-state index in [2.05, 4.69) is 9.97 Å². The standard InChI is InChI=1S/C20H16N2O3S/c1-14-6-12-17(13-7-14)26(23,24)25-16-10-8-15(9-11-16)20-21-18-4-2-3-5-19(18)22-20/h2-13H,1H3,(H,21,22). The normalized spacial score (nSPS) is 11.6. The largest absolute Gasteiger partial charge is 0.379 e. The van der Waals surface area contributed by atoms with E-state index >= 15 is 0 Å². The maximum Gasteiger partial charge on any atom is 0.339 e. The lowest BCUT2D eigenvalue weighted by Crippen LogP contribution is -2.09. The number of aryl methyl sites for hydroxylation is 1. The molecule has 0 spiro atoms. The third kappa shape index (κ3) is 3.19. The molecule has 0 saturated carbocycles. The minimum atomic E-state index is -3.85. The van der Waals surface area contributed by atoms with Crippen molar-refractivity contribution < 1.29 is 12.6 Å². The van der Waals surface area contributed by atoms with Crippen molar-refractivity contribution in [2.75, 3.05) is 0 Å². The molecule has 0 saturated heterocycles. The van der Waals surface area contributed by atoms with Gasteiger partial charge in [-0.05, 0) is 55.5 Å². The zero-order chi connectivity index (χ0) is 18.1. The van der Waals surface area contributed by atoms with Crippen LogP contribution >= 0.6 is 0 Å². The van der Waals surface area contributed by atoms with E-state index in [1.54, 1.807) is 36.4 Å². The molecule has 0 amide bonds. The minimum absolute atomic E-state index is 0.129. The number of hydrogen-bond donors (Lipinski definition) is 1. The molecule has 0 aliphatic carbocycles. The number of H-pyrrole nitrogens is 1. The first kappa shape index (κ1) is 16.4. The maximum atomic E-state index is 12.3. The third-order valence-corrected chi connectivity index (χ3v) is 5.29. The molecular weight excluding hydrogens is 348 g/mol. The van der Waals surface area contributed by atoms with Crippen LogP contribution in [0.2, 0.25) is 0 Å². The summed E-state index contributed by atoms with van der Waals surface area (Å²) in [4.78, 5) is 7.90. The van der Waals surface area contributed by atoms with E-state index in [1.807, 2.05) is 31.2 Å². The molecule has 5 nitrogen and oxygen atoms in total. The first-order valence-corrected chi connectivity index (χ1v) is 9.48. The van der Waals surface area contributed by atoms with E-state index < -0.39 is 10.1 Å². The van der Waals surface area contributed by atoms with E-state index in [4.69, 9.17) is 4.18 Å². The lowest BCUT2D eigenvalue weighted by molar-refractivity contribution is 0.486. The van der Waals surface area contributed by atoms with Gasteiger partial charge in [-0.3, -0.25) is 0 Å². The first-order valence-electron chi connectivity index (χ1n) is 8.08. The van der Waals surface area contributed by atoms with Crippen molar-refractivity contribution in [2.24, 2.45) is 0 Å². The number of fused-ring (bicyclic) bond motifs is 1. The summed E-state index contributed by atoms with van der Waals surface area (Å²) < 4.78 is 29.9. The Kier molecular flexibility index (Phi) is 3.97. The number of imidazole rings is 1. The van der Waals surface area contributed by atoms with E-state index in [-0.39, 0.29) is 10.6 Å². The van der Waals surface area contributed by atoms with Crippen LogP contribution in [0.3, 0.4) is 0 Å². The van der Waals surface area contributed by atoms with Crippen LogP contribution in [0.15, 0.2) is 77.7 Å². The van der Waals surface area contributed by atoms with Gasteiger partial charge in [-0.15, -0.1) is 0 Å². The number of aromatic nitrogens is 2. The number of hydrogen-bond acceptors (Lipinski definition) is 4. The quantitative estimate of drug-likeness (QED) is 0.548. The lowest BCUT2D eigenvalue weighted by Gasteiger charge is -2.07. The monoisotopic (exact) mass is 364 g/mol. The number of benzene rings is 3. The Bertz CT molecular complexity index is 1130. The van der Waals surface area contributed by atoms with Gasteiger partial charge in [-0.1, -0.05) is 29.8 Å². The van der Waals surface area contributed by atoms with Gasteiger partial charge in [-0.2, -0.15) is 8.42 Å². The first-order chi connectivity index (χ1) is 12.5. The number of nitrogens with zero attached hydrogens (tertiary/aromatic N) is 1. The summed E-state index contributed by atoms with van der Waals surface area (Å²) in [5.41, 5.74) is 3.66. The predicted molar refractivity (Wildman–Crippen MR) is 101 cm³/mol. The Balaban J connectivity index is 1.58. The Hall–Kier alpha value is -3.12. The summed E-state index contributed by atoms with van der Waals surface area (Å²) in [5.74, 6) is 0.976. The van der Waals surface area contributed by atoms with Crippen LogP contribution in [0.4, 0.5) is 0 Å². The SMILES string of the molecule is Cc1ccc(S(=O)(=O)Oc2ccc(-c3nc4ccccc4[nH]3)cc2)cc1. The van der Waals surface area contributed by atoms with Crippen LogP contribution in [0.25, 0.3) is 22.4 Å². The molecule has 0 unspecified atom stereocenters. The van der Waals surface area contributed by atoms with Gasteiger partial charge in [0.1, 0.15) is 16.5 Å². The van der Waals surface area contributed by atoms with Crippen LogP contribution in [-0.2, 0) is 10.1 Å². The summed E-state index contributed by atoms with van der Waals surface area (Å²) in [7, 11) is -3.85. The highest BCUT2D eigenvalue weighted by Crippen LogP contribution is 2.24. The summed E-state index contributed by atoms with van der Waals surface area (Å²) in [6.07, 6.45) is 0. The molecule has 0 atom stereocenters. The molecule has 26 heavy (non-hydrogen) atoms. The Morgan fingerprint density at radius 3 is 2.27 bits per heavy atom. The summed E-state index contributed by atoms with van der Waals surface area (Å²) >= 11 is 0. The van der Waals surface area contributed by atoms with Crippen molar-refractivity contribution in [3.63, 3.8) is 0 Å². The molecule has 1 N–H and O–H groups in total. The zero-order valence-corrected chi connectivity index (χ0v) is 14.8. The summed E-state index contributed by atoms with van der Waals surface area (Å²) in [5, 5.41) is 0. The molecule has 6 heteroatoms. The fraction of sp³-hybridized carbons (Fsp3) is 0.0500. The van der Waals surface area contributed by atoms with Gasteiger partial charge in [0.25, 0.3) is 0 Å². The van der Waals surface area contributed by atoms with E-state index in [1.165, 1.54) is 12.1 Å². The molecule has 0 aliphatic rings. The van der Waals surface area contributed by atoms with Gasteiger partial charge in [0.05, 0.1) is 11.0 Å². The van der Waals surface area contributed by atoms with Crippen molar-refractivity contribution in [1.82, 2.24) is 9.97 Å². The molecule has 4 rings (SSSR count). The maximum absolute atomic E-state index is 12.3.